The van der Waals surface area contributed by atoms with Crippen molar-refractivity contribution in [2.24, 2.45) is 11.1 Å². The van der Waals surface area contributed by atoms with Crippen molar-refractivity contribution in [2.75, 3.05) is 0 Å². The first kappa shape index (κ1) is 23.6. The van der Waals surface area contributed by atoms with Crippen molar-refractivity contribution in [3.8, 4) is 0 Å². The molecular formula is C22H21F6N3O. The van der Waals surface area contributed by atoms with Gasteiger partial charge in [0.15, 0.2) is 0 Å². The van der Waals surface area contributed by atoms with Gasteiger partial charge < -0.3 is 21.1 Å². The van der Waals surface area contributed by atoms with Crippen molar-refractivity contribution in [2.45, 2.75) is 37.8 Å². The van der Waals surface area contributed by atoms with Gasteiger partial charge >= 0.3 is 12.4 Å². The third-order valence-corrected chi connectivity index (χ3v) is 5.77. The van der Waals surface area contributed by atoms with E-state index in [1.165, 1.54) is 6.20 Å². The molecule has 0 aromatic heterocycles. The smallest absolute Gasteiger partial charge is 0.404 e. The third-order valence-electron chi connectivity index (χ3n) is 5.77. The number of fused-ring (bicyclic) bond motifs is 1. The molecule has 1 aromatic carbocycles. The minimum Gasteiger partial charge on any atom is -0.404 e. The number of rotatable bonds is 5. The lowest BCUT2D eigenvalue weighted by atomic mass is 9.76. The first-order valence-corrected chi connectivity index (χ1v) is 9.52. The lowest BCUT2D eigenvalue weighted by Crippen LogP contribution is -2.53. The fraction of sp³-hybridized carbons (Fsp3) is 0.318. The van der Waals surface area contributed by atoms with Crippen LogP contribution in [0.5, 0.6) is 0 Å². The molecule has 2 aliphatic rings. The second-order valence-electron chi connectivity index (χ2n) is 7.95. The first-order chi connectivity index (χ1) is 14.8. The molecular weight excluding hydrogens is 436 g/mol. The van der Waals surface area contributed by atoms with E-state index >= 15 is 0 Å². The molecule has 0 amide bonds. The molecule has 172 valence electrons. The number of allylic oxidation sites excluding steroid dienone is 5. The monoisotopic (exact) mass is 457 g/mol. The summed E-state index contributed by atoms with van der Waals surface area (Å²) in [5.74, 6) is 0. The van der Waals surface area contributed by atoms with Gasteiger partial charge in [-0.2, -0.15) is 26.3 Å². The van der Waals surface area contributed by atoms with Crippen molar-refractivity contribution in [1.82, 2.24) is 4.90 Å². The summed E-state index contributed by atoms with van der Waals surface area (Å²) in [6.07, 6.45) is -1.32. The summed E-state index contributed by atoms with van der Waals surface area (Å²) in [7, 11) is 0. The standard InChI is InChI=1S/C22H21F6N3O/c1-19-8-9-31(18(19)7-4-15(10-19)16(11-29)12-30)13-14-2-5-17(6-3-14)20(32,21(23,24)25)22(26,27)28/h2-9,11-12,29,32H,10,13,30H2,1H3. The average Bonchev–Trinajstić information content (AvgIpc) is 3.03. The van der Waals surface area contributed by atoms with Gasteiger partial charge in [0.25, 0.3) is 5.60 Å². The Morgan fingerprint density at radius 1 is 1.12 bits per heavy atom. The van der Waals surface area contributed by atoms with Gasteiger partial charge in [0.2, 0.25) is 0 Å². The molecule has 0 spiro atoms. The molecule has 1 aromatic rings. The van der Waals surface area contributed by atoms with E-state index in [9.17, 15) is 31.4 Å². The lowest BCUT2D eigenvalue weighted by Gasteiger charge is -2.34. The summed E-state index contributed by atoms with van der Waals surface area (Å²) in [6.45, 7) is 2.19. The maximum atomic E-state index is 13.1. The Balaban J connectivity index is 1.85. The van der Waals surface area contributed by atoms with E-state index in [0.29, 0.717) is 29.7 Å². The van der Waals surface area contributed by atoms with Gasteiger partial charge in [-0.1, -0.05) is 43.3 Å². The van der Waals surface area contributed by atoms with Crippen LogP contribution in [-0.4, -0.2) is 28.6 Å². The number of hydrogen-bond donors (Lipinski definition) is 3. The van der Waals surface area contributed by atoms with Gasteiger partial charge in [-0.05, 0) is 23.6 Å². The average molecular weight is 457 g/mol. The van der Waals surface area contributed by atoms with E-state index in [-0.39, 0.29) is 6.54 Å². The van der Waals surface area contributed by atoms with Gasteiger partial charge in [-0.15, -0.1) is 0 Å². The summed E-state index contributed by atoms with van der Waals surface area (Å²) in [5, 5.41) is 17.0. The molecule has 32 heavy (non-hydrogen) atoms. The number of halogens is 6. The first-order valence-electron chi connectivity index (χ1n) is 9.52. The quantitative estimate of drug-likeness (QED) is 0.429. The number of alkyl halides is 6. The zero-order valence-electron chi connectivity index (χ0n) is 16.9. The number of aliphatic hydroxyl groups is 1. The van der Waals surface area contributed by atoms with E-state index in [2.05, 4.69) is 0 Å². The summed E-state index contributed by atoms with van der Waals surface area (Å²) < 4.78 is 78.3. The predicted molar refractivity (Wildman–Crippen MR) is 107 cm³/mol. The Bertz CT molecular complexity index is 1000. The molecule has 10 heteroatoms. The molecule has 1 heterocycles. The largest absolute Gasteiger partial charge is 0.430 e. The summed E-state index contributed by atoms with van der Waals surface area (Å²) in [4.78, 5) is 1.85. The highest BCUT2D eigenvalue weighted by Crippen LogP contribution is 2.50. The van der Waals surface area contributed by atoms with Crippen LogP contribution in [-0.2, 0) is 12.1 Å². The molecule has 0 fully saturated rings. The summed E-state index contributed by atoms with van der Waals surface area (Å²) in [5.41, 5.74) is 1.76. The second-order valence-corrected chi connectivity index (χ2v) is 7.95. The Hall–Kier alpha value is -3.01. The minimum atomic E-state index is -5.92. The van der Waals surface area contributed by atoms with Crippen molar-refractivity contribution in [3.63, 3.8) is 0 Å². The van der Waals surface area contributed by atoms with Gasteiger partial charge in [0.05, 0.1) is 0 Å². The topological polar surface area (TPSA) is 73.3 Å². The molecule has 4 nitrogen and oxygen atoms in total. The summed E-state index contributed by atoms with van der Waals surface area (Å²) in [6, 6.07) is 3.56. The number of benzene rings is 1. The van der Waals surface area contributed by atoms with E-state index < -0.39 is 28.9 Å². The fourth-order valence-corrected chi connectivity index (χ4v) is 3.94. The molecule has 4 N–H and O–H groups in total. The number of nitrogens with one attached hydrogen (secondary N) is 1. The van der Waals surface area contributed by atoms with Crippen LogP contribution in [0.1, 0.15) is 24.5 Å². The highest BCUT2D eigenvalue weighted by Gasteiger charge is 2.71. The van der Waals surface area contributed by atoms with Crippen LogP contribution in [0.15, 0.2) is 71.7 Å². The lowest BCUT2D eigenvalue weighted by molar-refractivity contribution is -0.376. The summed E-state index contributed by atoms with van der Waals surface area (Å²) >= 11 is 0. The highest BCUT2D eigenvalue weighted by molar-refractivity contribution is 5.82. The molecule has 1 unspecified atom stereocenters. The van der Waals surface area contributed by atoms with E-state index in [0.717, 1.165) is 29.6 Å². The molecule has 1 aliphatic carbocycles. The van der Waals surface area contributed by atoms with Crippen LogP contribution in [0.3, 0.4) is 0 Å². The molecule has 1 aliphatic heterocycles. The number of hydrogen-bond acceptors (Lipinski definition) is 4. The molecule has 0 radical (unpaired) electrons. The van der Waals surface area contributed by atoms with Crippen molar-refractivity contribution in [3.05, 3.63) is 82.9 Å². The Morgan fingerprint density at radius 2 is 1.72 bits per heavy atom. The molecule has 0 bridgehead atoms. The Morgan fingerprint density at radius 3 is 2.22 bits per heavy atom. The zero-order chi connectivity index (χ0) is 23.9. The third kappa shape index (κ3) is 3.83. The van der Waals surface area contributed by atoms with Crippen LogP contribution in [0.25, 0.3) is 0 Å². The van der Waals surface area contributed by atoms with Crippen LogP contribution in [0.4, 0.5) is 26.3 Å². The molecule has 1 atom stereocenters. The Kier molecular flexibility index (Phi) is 5.80. The fourth-order valence-electron chi connectivity index (χ4n) is 3.94. The number of nitrogens with zero attached hydrogens (tertiary/aromatic N) is 1. The number of nitrogens with two attached hydrogens (primary N) is 1. The predicted octanol–water partition coefficient (Wildman–Crippen LogP) is 5.04. The molecule has 0 saturated carbocycles. The van der Waals surface area contributed by atoms with Crippen molar-refractivity contribution >= 4 is 6.21 Å². The normalized spacial score (nSPS) is 21.9. The maximum Gasteiger partial charge on any atom is 0.430 e. The van der Waals surface area contributed by atoms with Crippen LogP contribution < -0.4 is 5.73 Å². The van der Waals surface area contributed by atoms with Gasteiger partial charge in [-0.3, -0.25) is 0 Å². The van der Waals surface area contributed by atoms with Gasteiger partial charge in [0.1, 0.15) is 0 Å². The highest BCUT2D eigenvalue weighted by atomic mass is 19.4. The van der Waals surface area contributed by atoms with E-state index in [1.807, 2.05) is 30.1 Å². The van der Waals surface area contributed by atoms with Crippen LogP contribution >= 0.6 is 0 Å². The SMILES string of the molecule is CC12C=CN(Cc3ccc(C(O)(C(F)(F)F)C(F)(F)F)cc3)C1=CC=C(C(C=N)=CN)C2. The van der Waals surface area contributed by atoms with Gasteiger partial charge in [0, 0.05) is 47.4 Å². The zero-order valence-corrected chi connectivity index (χ0v) is 16.9. The molecule has 0 saturated heterocycles. The second kappa shape index (κ2) is 7.84. The van der Waals surface area contributed by atoms with E-state index in [4.69, 9.17) is 11.1 Å². The van der Waals surface area contributed by atoms with Crippen molar-refractivity contribution in [1.29, 1.82) is 5.41 Å². The van der Waals surface area contributed by atoms with Crippen LogP contribution in [0.2, 0.25) is 0 Å². The van der Waals surface area contributed by atoms with E-state index in [1.54, 1.807) is 6.20 Å². The van der Waals surface area contributed by atoms with Gasteiger partial charge in [-0.25, -0.2) is 0 Å². The van der Waals surface area contributed by atoms with Crippen LogP contribution in [0, 0.1) is 10.8 Å². The molecule has 3 rings (SSSR count). The Labute approximate surface area is 180 Å². The maximum absolute atomic E-state index is 13.1. The van der Waals surface area contributed by atoms with Crippen molar-refractivity contribution < 1.29 is 31.4 Å². The minimum absolute atomic E-state index is 0.210.